The summed E-state index contributed by atoms with van der Waals surface area (Å²) in [5.41, 5.74) is 3.51. The quantitative estimate of drug-likeness (QED) is 0.783. The van der Waals surface area contributed by atoms with Crippen LogP contribution in [-0.4, -0.2) is 21.3 Å². The van der Waals surface area contributed by atoms with Gasteiger partial charge in [-0.25, -0.2) is 0 Å². The Hall–Kier alpha value is -1.72. The molecule has 4 nitrogen and oxygen atoms in total. The topological polar surface area (TPSA) is 42.7 Å². The maximum absolute atomic E-state index is 4.48. The van der Waals surface area contributed by atoms with Crippen molar-refractivity contribution in [1.82, 2.24) is 20.1 Å². The summed E-state index contributed by atoms with van der Waals surface area (Å²) in [6.07, 6.45) is 5.91. The van der Waals surface area contributed by atoms with E-state index in [2.05, 4.69) is 53.0 Å². The minimum atomic E-state index is 0.297. The number of rotatable bonds is 5. The molecule has 0 spiro atoms. The van der Waals surface area contributed by atoms with Crippen LogP contribution in [0.5, 0.6) is 0 Å². The van der Waals surface area contributed by atoms with Crippen molar-refractivity contribution in [1.29, 1.82) is 0 Å². The predicted molar refractivity (Wildman–Crippen MR) is 83.0 cm³/mol. The summed E-state index contributed by atoms with van der Waals surface area (Å²) in [4.78, 5) is 4.48. The van der Waals surface area contributed by atoms with Gasteiger partial charge in [-0.2, -0.15) is 5.10 Å². The molecule has 0 bridgehead atoms. The molecule has 0 aliphatic rings. The van der Waals surface area contributed by atoms with Gasteiger partial charge in [0.05, 0.1) is 23.0 Å². The monoisotopic (exact) mass is 286 g/mol. The van der Waals surface area contributed by atoms with Crippen molar-refractivity contribution >= 4 is 21.6 Å². The van der Waals surface area contributed by atoms with Gasteiger partial charge in [-0.05, 0) is 42.5 Å². The van der Waals surface area contributed by atoms with Crippen molar-refractivity contribution in [3.63, 3.8) is 0 Å². The Kier molecular flexibility index (Phi) is 3.80. The molecule has 0 radical (unpaired) electrons. The SMILES string of the molecule is Cc1cnn(CCNC(C)c2cnc3ccsc3c2)c1. The van der Waals surface area contributed by atoms with Gasteiger partial charge < -0.3 is 5.32 Å². The Labute approximate surface area is 122 Å². The average Bonchev–Trinajstić information content (AvgIpc) is 3.06. The summed E-state index contributed by atoms with van der Waals surface area (Å²) in [5, 5.41) is 9.89. The number of aromatic nitrogens is 3. The smallest absolute Gasteiger partial charge is 0.0809 e. The molecule has 104 valence electrons. The van der Waals surface area contributed by atoms with Crippen LogP contribution in [0.2, 0.25) is 0 Å². The largest absolute Gasteiger partial charge is 0.308 e. The van der Waals surface area contributed by atoms with Gasteiger partial charge in [-0.15, -0.1) is 11.3 Å². The van der Waals surface area contributed by atoms with Gasteiger partial charge >= 0.3 is 0 Å². The number of fused-ring (bicyclic) bond motifs is 1. The molecule has 0 aromatic carbocycles. The number of thiophene rings is 1. The number of pyridine rings is 1. The zero-order valence-electron chi connectivity index (χ0n) is 11.7. The van der Waals surface area contributed by atoms with E-state index >= 15 is 0 Å². The van der Waals surface area contributed by atoms with E-state index in [-0.39, 0.29) is 0 Å². The third-order valence-corrected chi connectivity index (χ3v) is 4.23. The van der Waals surface area contributed by atoms with Crippen LogP contribution in [0.25, 0.3) is 10.2 Å². The Morgan fingerprint density at radius 1 is 1.40 bits per heavy atom. The maximum atomic E-state index is 4.48. The first-order chi connectivity index (χ1) is 9.72. The summed E-state index contributed by atoms with van der Waals surface area (Å²) in [7, 11) is 0. The minimum absolute atomic E-state index is 0.297. The lowest BCUT2D eigenvalue weighted by molar-refractivity contribution is 0.507. The zero-order chi connectivity index (χ0) is 13.9. The second-order valence-electron chi connectivity index (χ2n) is 5.03. The van der Waals surface area contributed by atoms with E-state index in [9.17, 15) is 0 Å². The first-order valence-corrected chi connectivity index (χ1v) is 7.66. The first kappa shape index (κ1) is 13.3. The standard InChI is InChI=1S/C15H18N4S/c1-11-8-18-19(10-11)5-4-16-12(2)13-7-15-14(17-9-13)3-6-20-15/h3,6-10,12,16H,4-5H2,1-2H3. The zero-order valence-corrected chi connectivity index (χ0v) is 12.5. The molecule has 3 heterocycles. The average molecular weight is 286 g/mol. The van der Waals surface area contributed by atoms with Crippen LogP contribution < -0.4 is 5.32 Å². The Bertz CT molecular complexity index is 701. The van der Waals surface area contributed by atoms with Crippen molar-refractivity contribution in [2.45, 2.75) is 26.4 Å². The van der Waals surface area contributed by atoms with Gasteiger partial charge in [0.2, 0.25) is 0 Å². The molecule has 0 aliphatic carbocycles. The number of aryl methyl sites for hydroxylation is 1. The van der Waals surface area contributed by atoms with E-state index in [0.717, 1.165) is 18.6 Å². The molecular weight excluding hydrogens is 268 g/mol. The highest BCUT2D eigenvalue weighted by Gasteiger charge is 2.07. The Morgan fingerprint density at radius 3 is 3.10 bits per heavy atom. The molecule has 0 amide bonds. The molecule has 5 heteroatoms. The molecule has 3 aromatic heterocycles. The van der Waals surface area contributed by atoms with E-state index in [0.29, 0.717) is 6.04 Å². The fraction of sp³-hybridized carbons (Fsp3) is 0.333. The normalized spacial score (nSPS) is 12.9. The highest BCUT2D eigenvalue weighted by Crippen LogP contribution is 2.22. The molecule has 0 fully saturated rings. The van der Waals surface area contributed by atoms with Crippen LogP contribution in [-0.2, 0) is 6.54 Å². The van der Waals surface area contributed by atoms with Gasteiger partial charge in [0.25, 0.3) is 0 Å². The van der Waals surface area contributed by atoms with E-state index in [1.54, 1.807) is 11.3 Å². The third-order valence-electron chi connectivity index (χ3n) is 3.38. The van der Waals surface area contributed by atoms with Crippen molar-refractivity contribution in [2.75, 3.05) is 6.54 Å². The third kappa shape index (κ3) is 2.89. The molecule has 3 rings (SSSR count). The van der Waals surface area contributed by atoms with Crippen LogP contribution in [0.1, 0.15) is 24.1 Å². The lowest BCUT2D eigenvalue weighted by Crippen LogP contribution is -2.23. The minimum Gasteiger partial charge on any atom is -0.308 e. The number of hydrogen-bond acceptors (Lipinski definition) is 4. The van der Waals surface area contributed by atoms with Gasteiger partial charge in [0, 0.05) is 25.0 Å². The van der Waals surface area contributed by atoms with Crippen LogP contribution in [0, 0.1) is 6.92 Å². The maximum Gasteiger partial charge on any atom is 0.0809 e. The highest BCUT2D eigenvalue weighted by atomic mass is 32.1. The van der Waals surface area contributed by atoms with Gasteiger partial charge in [0.1, 0.15) is 0 Å². The van der Waals surface area contributed by atoms with Crippen LogP contribution >= 0.6 is 11.3 Å². The van der Waals surface area contributed by atoms with Crippen LogP contribution in [0.3, 0.4) is 0 Å². The molecule has 0 saturated carbocycles. The molecular formula is C15H18N4S. The number of nitrogens with zero attached hydrogens (tertiary/aromatic N) is 3. The fourth-order valence-corrected chi connectivity index (χ4v) is 2.99. The molecule has 3 aromatic rings. The van der Waals surface area contributed by atoms with E-state index in [4.69, 9.17) is 0 Å². The molecule has 1 unspecified atom stereocenters. The lowest BCUT2D eigenvalue weighted by atomic mass is 10.1. The summed E-state index contributed by atoms with van der Waals surface area (Å²) < 4.78 is 3.22. The van der Waals surface area contributed by atoms with Crippen molar-refractivity contribution < 1.29 is 0 Å². The summed E-state index contributed by atoms with van der Waals surface area (Å²) in [6, 6.07) is 4.58. The highest BCUT2D eigenvalue weighted by molar-refractivity contribution is 7.17. The predicted octanol–water partition coefficient (Wildman–Crippen LogP) is 3.15. The first-order valence-electron chi connectivity index (χ1n) is 6.78. The van der Waals surface area contributed by atoms with Crippen molar-refractivity contribution in [3.05, 3.63) is 47.2 Å². The van der Waals surface area contributed by atoms with Crippen molar-refractivity contribution in [3.8, 4) is 0 Å². The van der Waals surface area contributed by atoms with Gasteiger partial charge in [0.15, 0.2) is 0 Å². The summed E-state index contributed by atoms with van der Waals surface area (Å²) >= 11 is 1.74. The molecule has 0 saturated heterocycles. The molecule has 0 aliphatic heterocycles. The van der Waals surface area contributed by atoms with Crippen LogP contribution in [0.4, 0.5) is 0 Å². The van der Waals surface area contributed by atoms with E-state index in [1.165, 1.54) is 15.8 Å². The number of hydrogen-bond donors (Lipinski definition) is 1. The number of nitrogens with one attached hydrogen (secondary N) is 1. The van der Waals surface area contributed by atoms with Gasteiger partial charge in [-0.1, -0.05) is 0 Å². The summed E-state index contributed by atoms with van der Waals surface area (Å²) in [6.45, 7) is 6.00. The Balaban J connectivity index is 1.59. The summed E-state index contributed by atoms with van der Waals surface area (Å²) in [5.74, 6) is 0. The Morgan fingerprint density at radius 2 is 2.30 bits per heavy atom. The van der Waals surface area contributed by atoms with Gasteiger partial charge in [-0.3, -0.25) is 9.67 Å². The van der Waals surface area contributed by atoms with E-state index < -0.39 is 0 Å². The molecule has 1 atom stereocenters. The lowest BCUT2D eigenvalue weighted by Gasteiger charge is -2.14. The molecule has 20 heavy (non-hydrogen) atoms. The second kappa shape index (κ2) is 5.73. The van der Waals surface area contributed by atoms with Crippen molar-refractivity contribution in [2.24, 2.45) is 0 Å². The van der Waals surface area contributed by atoms with Crippen LogP contribution in [0.15, 0.2) is 36.1 Å². The molecule has 1 N–H and O–H groups in total. The van der Waals surface area contributed by atoms with E-state index in [1.807, 2.05) is 17.1 Å². The second-order valence-corrected chi connectivity index (χ2v) is 5.98. The fourth-order valence-electron chi connectivity index (χ4n) is 2.20.